The van der Waals surface area contributed by atoms with Crippen LogP contribution in [0.2, 0.25) is 0 Å². The molecule has 0 spiro atoms. The highest BCUT2D eigenvalue weighted by molar-refractivity contribution is 5.37. The van der Waals surface area contributed by atoms with Gasteiger partial charge in [0.15, 0.2) is 0 Å². The molecule has 1 saturated heterocycles. The van der Waals surface area contributed by atoms with Gasteiger partial charge in [0.2, 0.25) is 0 Å². The van der Waals surface area contributed by atoms with Crippen molar-refractivity contribution in [2.24, 2.45) is 0 Å². The Kier molecular flexibility index (Phi) is 6.44. The first-order chi connectivity index (χ1) is 12.3. The zero-order valence-corrected chi connectivity index (χ0v) is 15.2. The van der Waals surface area contributed by atoms with Gasteiger partial charge < -0.3 is 14.8 Å². The number of benzene rings is 1. The lowest BCUT2D eigenvalue weighted by atomic mass is 10.1. The molecule has 0 saturated carbocycles. The first-order valence-electron chi connectivity index (χ1n) is 8.97. The first-order valence-corrected chi connectivity index (χ1v) is 8.97. The number of nitrogens with one attached hydrogen (secondary N) is 1. The minimum absolute atomic E-state index is 0.776. The molecule has 0 unspecified atom stereocenters. The summed E-state index contributed by atoms with van der Waals surface area (Å²) >= 11 is 0. The van der Waals surface area contributed by atoms with Crippen molar-refractivity contribution in [2.75, 3.05) is 33.4 Å². The summed E-state index contributed by atoms with van der Waals surface area (Å²) in [5.74, 6) is 0.955. The van der Waals surface area contributed by atoms with E-state index in [0.717, 1.165) is 63.9 Å². The van der Waals surface area contributed by atoms with Crippen molar-refractivity contribution >= 4 is 0 Å². The van der Waals surface area contributed by atoms with Crippen LogP contribution in [0.1, 0.15) is 23.7 Å². The van der Waals surface area contributed by atoms with Gasteiger partial charge in [-0.25, -0.2) is 0 Å². The van der Waals surface area contributed by atoms with Gasteiger partial charge in [-0.1, -0.05) is 6.07 Å². The summed E-state index contributed by atoms with van der Waals surface area (Å²) in [5.41, 5.74) is 3.57. The summed E-state index contributed by atoms with van der Waals surface area (Å²) in [6.07, 6.45) is 2.02. The van der Waals surface area contributed by atoms with Gasteiger partial charge in [0.25, 0.3) is 0 Å². The molecule has 1 aliphatic heterocycles. The second-order valence-corrected chi connectivity index (χ2v) is 6.30. The zero-order chi connectivity index (χ0) is 17.5. The molecular formula is C19H28N4O2. The molecule has 0 atom stereocenters. The molecular weight excluding hydrogens is 316 g/mol. The lowest BCUT2D eigenvalue weighted by Gasteiger charge is -2.27. The molecule has 3 rings (SSSR count). The van der Waals surface area contributed by atoms with E-state index in [1.807, 2.05) is 10.9 Å². The number of ether oxygens (including phenoxy) is 2. The molecule has 2 heterocycles. The zero-order valence-electron chi connectivity index (χ0n) is 15.2. The average molecular weight is 344 g/mol. The van der Waals surface area contributed by atoms with Crippen molar-refractivity contribution in [2.45, 2.75) is 33.1 Å². The van der Waals surface area contributed by atoms with Crippen LogP contribution >= 0.6 is 0 Å². The second-order valence-electron chi connectivity index (χ2n) is 6.30. The summed E-state index contributed by atoms with van der Waals surface area (Å²) in [6, 6.07) is 8.50. The molecule has 1 N–H and O–H groups in total. The number of hydrogen-bond donors (Lipinski definition) is 1. The fourth-order valence-corrected chi connectivity index (χ4v) is 3.07. The Bertz CT molecular complexity index is 665. The Labute approximate surface area is 149 Å². The van der Waals surface area contributed by atoms with Gasteiger partial charge in [-0.15, -0.1) is 0 Å². The van der Waals surface area contributed by atoms with Gasteiger partial charge in [0.1, 0.15) is 5.75 Å². The summed E-state index contributed by atoms with van der Waals surface area (Å²) in [4.78, 5) is 2.41. The smallest absolute Gasteiger partial charge is 0.123 e. The van der Waals surface area contributed by atoms with Gasteiger partial charge in [-0.2, -0.15) is 5.10 Å². The van der Waals surface area contributed by atoms with Crippen LogP contribution < -0.4 is 10.1 Å². The van der Waals surface area contributed by atoms with E-state index in [0.29, 0.717) is 0 Å². The molecule has 1 aliphatic rings. The Morgan fingerprint density at radius 2 is 2.04 bits per heavy atom. The van der Waals surface area contributed by atoms with Crippen molar-refractivity contribution in [3.05, 3.63) is 47.3 Å². The highest BCUT2D eigenvalue weighted by atomic mass is 16.5. The van der Waals surface area contributed by atoms with Crippen molar-refractivity contribution in [3.63, 3.8) is 0 Å². The Balaban J connectivity index is 1.58. The van der Waals surface area contributed by atoms with Crippen molar-refractivity contribution in [1.82, 2.24) is 20.0 Å². The molecule has 6 heteroatoms. The molecule has 6 nitrogen and oxygen atoms in total. The van der Waals surface area contributed by atoms with Gasteiger partial charge in [0, 0.05) is 51.0 Å². The standard InChI is InChI=1S/C19H28N4O2/c1-3-23-7-6-18(21-23)14-20-13-16-4-5-19(24-2)17(12-16)15-22-8-10-25-11-9-22/h4-7,12,20H,3,8-11,13-15H2,1-2H3. The molecule has 25 heavy (non-hydrogen) atoms. The van der Waals surface area contributed by atoms with E-state index in [1.54, 1.807) is 7.11 Å². The molecule has 0 amide bonds. The quantitative estimate of drug-likeness (QED) is 0.794. The predicted octanol–water partition coefficient (Wildman–Crippen LogP) is 2.03. The van der Waals surface area contributed by atoms with E-state index in [-0.39, 0.29) is 0 Å². The van der Waals surface area contributed by atoms with Crippen LogP contribution in [-0.4, -0.2) is 48.1 Å². The van der Waals surface area contributed by atoms with Crippen LogP contribution in [-0.2, 0) is 30.9 Å². The summed E-state index contributed by atoms with van der Waals surface area (Å²) in [5, 5.41) is 7.97. The summed E-state index contributed by atoms with van der Waals surface area (Å²) < 4.78 is 12.9. The van der Waals surface area contributed by atoms with Crippen molar-refractivity contribution in [1.29, 1.82) is 0 Å². The Morgan fingerprint density at radius 1 is 1.20 bits per heavy atom. The van der Waals surface area contributed by atoms with Crippen LogP contribution in [0.15, 0.2) is 30.5 Å². The van der Waals surface area contributed by atoms with E-state index in [4.69, 9.17) is 9.47 Å². The minimum Gasteiger partial charge on any atom is -0.496 e. The summed E-state index contributed by atoms with van der Waals surface area (Å²) in [7, 11) is 1.74. The lowest BCUT2D eigenvalue weighted by molar-refractivity contribution is 0.0339. The highest BCUT2D eigenvalue weighted by Crippen LogP contribution is 2.22. The second kappa shape index (κ2) is 8.99. The topological polar surface area (TPSA) is 51.5 Å². The fourth-order valence-electron chi connectivity index (χ4n) is 3.07. The van der Waals surface area contributed by atoms with E-state index in [2.05, 4.69) is 46.5 Å². The largest absolute Gasteiger partial charge is 0.496 e. The normalized spacial score (nSPS) is 15.4. The molecule has 0 aliphatic carbocycles. The lowest BCUT2D eigenvalue weighted by Crippen LogP contribution is -2.35. The predicted molar refractivity (Wildman–Crippen MR) is 97.5 cm³/mol. The van der Waals surface area contributed by atoms with E-state index in [1.165, 1.54) is 11.1 Å². The maximum atomic E-state index is 5.54. The van der Waals surface area contributed by atoms with Crippen LogP contribution in [0.5, 0.6) is 5.75 Å². The number of nitrogens with zero attached hydrogens (tertiary/aromatic N) is 3. The van der Waals surface area contributed by atoms with Gasteiger partial charge >= 0.3 is 0 Å². The van der Waals surface area contributed by atoms with Crippen LogP contribution in [0.25, 0.3) is 0 Å². The maximum Gasteiger partial charge on any atom is 0.123 e. The van der Waals surface area contributed by atoms with Crippen LogP contribution in [0.4, 0.5) is 0 Å². The monoisotopic (exact) mass is 344 g/mol. The number of methoxy groups -OCH3 is 1. The average Bonchev–Trinajstić information content (AvgIpc) is 3.11. The molecule has 2 aromatic rings. The van der Waals surface area contributed by atoms with Gasteiger partial charge in [0.05, 0.1) is 26.0 Å². The number of rotatable bonds is 8. The first kappa shape index (κ1) is 17.9. The summed E-state index contributed by atoms with van der Waals surface area (Å²) in [6.45, 7) is 9.08. The van der Waals surface area contributed by atoms with Crippen LogP contribution in [0.3, 0.4) is 0 Å². The van der Waals surface area contributed by atoms with E-state index in [9.17, 15) is 0 Å². The fraction of sp³-hybridized carbons (Fsp3) is 0.526. The molecule has 1 aromatic heterocycles. The van der Waals surface area contributed by atoms with E-state index < -0.39 is 0 Å². The number of morpholine rings is 1. The Hall–Kier alpha value is -1.89. The molecule has 1 fully saturated rings. The number of hydrogen-bond acceptors (Lipinski definition) is 5. The SMILES string of the molecule is CCn1ccc(CNCc2ccc(OC)c(CN3CCOCC3)c2)n1. The van der Waals surface area contributed by atoms with Crippen molar-refractivity contribution < 1.29 is 9.47 Å². The third-order valence-electron chi connectivity index (χ3n) is 4.50. The van der Waals surface area contributed by atoms with E-state index >= 15 is 0 Å². The number of aromatic nitrogens is 2. The minimum atomic E-state index is 0.776. The molecule has 136 valence electrons. The van der Waals surface area contributed by atoms with Crippen LogP contribution in [0, 0.1) is 0 Å². The molecule has 0 bridgehead atoms. The van der Waals surface area contributed by atoms with Gasteiger partial charge in [-0.05, 0) is 30.7 Å². The maximum absolute atomic E-state index is 5.54. The molecule has 1 aromatic carbocycles. The third-order valence-corrected chi connectivity index (χ3v) is 4.50. The highest BCUT2D eigenvalue weighted by Gasteiger charge is 2.13. The van der Waals surface area contributed by atoms with Crippen molar-refractivity contribution in [3.8, 4) is 5.75 Å². The Morgan fingerprint density at radius 3 is 2.76 bits per heavy atom. The third kappa shape index (κ3) is 5.04. The molecule has 0 radical (unpaired) electrons. The van der Waals surface area contributed by atoms with Gasteiger partial charge in [-0.3, -0.25) is 9.58 Å². The number of aryl methyl sites for hydroxylation is 1.